The van der Waals surface area contributed by atoms with Crippen molar-refractivity contribution in [3.63, 3.8) is 0 Å². The van der Waals surface area contributed by atoms with Crippen molar-refractivity contribution in [1.82, 2.24) is 5.32 Å². The second kappa shape index (κ2) is 8.00. The molecule has 9 nitrogen and oxygen atoms in total. The molecule has 4 amide bonds. The Morgan fingerprint density at radius 3 is 2.42 bits per heavy atom. The number of nitro groups is 1. The first-order chi connectivity index (χ1) is 14.8. The van der Waals surface area contributed by atoms with E-state index < -0.39 is 22.8 Å². The summed E-state index contributed by atoms with van der Waals surface area (Å²) in [6.45, 7) is 0. The van der Waals surface area contributed by atoms with Crippen LogP contribution in [0.1, 0.15) is 5.76 Å². The number of nitrogens with one attached hydrogen (secondary N) is 1. The number of rotatable bonds is 4. The Balaban J connectivity index is 1.69. The highest BCUT2D eigenvalue weighted by Gasteiger charge is 2.37. The Hall–Kier alpha value is -4.05. The monoisotopic (exact) mass is 481 g/mol. The molecular formula is C21H12BrN3O6. The number of hydrogen-bond donors (Lipinski definition) is 1. The quantitative estimate of drug-likeness (QED) is 0.256. The third kappa shape index (κ3) is 3.88. The van der Waals surface area contributed by atoms with Crippen LogP contribution in [0.5, 0.6) is 0 Å². The Morgan fingerprint density at radius 1 is 1.00 bits per heavy atom. The SMILES string of the molecule is O=C1NC(=O)N(c2ccc(Br)cc2)C(=O)/C1=C/c1ccc(-c2ccccc2[N+](=O)[O-])o1. The van der Waals surface area contributed by atoms with Crippen molar-refractivity contribution < 1.29 is 23.7 Å². The summed E-state index contributed by atoms with van der Waals surface area (Å²) >= 11 is 3.28. The van der Waals surface area contributed by atoms with E-state index in [2.05, 4.69) is 21.2 Å². The highest BCUT2D eigenvalue weighted by Crippen LogP contribution is 2.32. The predicted octanol–water partition coefficient (Wildman–Crippen LogP) is 4.28. The third-order valence-corrected chi connectivity index (χ3v) is 4.99. The standard InChI is InChI=1S/C21H12BrN3O6/c22-12-5-7-13(8-6-12)24-20(27)16(19(26)23-21(24)28)11-14-9-10-18(31-14)15-3-1-2-4-17(15)25(29)30/h1-11H,(H,23,26,28)/b16-11+. The Morgan fingerprint density at radius 2 is 1.71 bits per heavy atom. The molecule has 1 aliphatic heterocycles. The average molecular weight is 482 g/mol. The van der Waals surface area contributed by atoms with Gasteiger partial charge in [-0.2, -0.15) is 0 Å². The molecule has 0 saturated carbocycles. The van der Waals surface area contributed by atoms with Crippen molar-refractivity contribution in [3.8, 4) is 11.3 Å². The molecule has 10 heteroatoms. The number of furan rings is 1. The fourth-order valence-electron chi connectivity index (χ4n) is 3.04. The van der Waals surface area contributed by atoms with Crippen LogP contribution in [0.2, 0.25) is 0 Å². The van der Waals surface area contributed by atoms with Crippen LogP contribution in [0, 0.1) is 10.1 Å². The molecule has 1 saturated heterocycles. The number of carbonyl (C=O) groups excluding carboxylic acids is 3. The molecule has 1 fully saturated rings. The summed E-state index contributed by atoms with van der Waals surface area (Å²) in [5, 5.41) is 13.4. The second-order valence-corrected chi connectivity index (χ2v) is 7.33. The maximum Gasteiger partial charge on any atom is 0.335 e. The van der Waals surface area contributed by atoms with E-state index >= 15 is 0 Å². The van der Waals surface area contributed by atoms with Crippen LogP contribution in [0.3, 0.4) is 0 Å². The van der Waals surface area contributed by atoms with Gasteiger partial charge in [-0.25, -0.2) is 9.69 Å². The molecule has 0 bridgehead atoms. The first kappa shape index (κ1) is 20.2. The Kier molecular flexibility index (Phi) is 5.22. The minimum atomic E-state index is -0.869. The van der Waals surface area contributed by atoms with Gasteiger partial charge in [-0.3, -0.25) is 25.0 Å². The van der Waals surface area contributed by atoms with Crippen LogP contribution in [-0.4, -0.2) is 22.8 Å². The fourth-order valence-corrected chi connectivity index (χ4v) is 3.31. The van der Waals surface area contributed by atoms with Gasteiger partial charge in [-0.05, 0) is 48.5 Å². The van der Waals surface area contributed by atoms with E-state index in [-0.39, 0.29) is 34.0 Å². The van der Waals surface area contributed by atoms with Gasteiger partial charge in [0.25, 0.3) is 17.5 Å². The number of benzene rings is 2. The van der Waals surface area contributed by atoms with E-state index in [0.29, 0.717) is 0 Å². The fraction of sp³-hybridized carbons (Fsp3) is 0. The van der Waals surface area contributed by atoms with E-state index in [4.69, 9.17) is 4.42 Å². The molecule has 1 aliphatic rings. The number of nitro benzene ring substituents is 1. The first-order valence-corrected chi connectivity index (χ1v) is 9.65. The van der Waals surface area contributed by atoms with Gasteiger partial charge in [-0.15, -0.1) is 0 Å². The maximum atomic E-state index is 12.9. The van der Waals surface area contributed by atoms with E-state index in [1.807, 2.05) is 0 Å². The van der Waals surface area contributed by atoms with Gasteiger partial charge in [0.15, 0.2) is 0 Å². The molecule has 0 radical (unpaired) electrons. The zero-order valence-corrected chi connectivity index (χ0v) is 17.2. The summed E-state index contributed by atoms with van der Waals surface area (Å²) in [5.74, 6) is -1.37. The number of barbiturate groups is 1. The summed E-state index contributed by atoms with van der Waals surface area (Å²) in [7, 11) is 0. The largest absolute Gasteiger partial charge is 0.456 e. The molecule has 154 valence electrons. The van der Waals surface area contributed by atoms with Crippen LogP contribution >= 0.6 is 15.9 Å². The summed E-state index contributed by atoms with van der Waals surface area (Å²) in [6, 6.07) is 14.5. The highest BCUT2D eigenvalue weighted by atomic mass is 79.9. The van der Waals surface area contributed by atoms with Crippen molar-refractivity contribution in [2.24, 2.45) is 0 Å². The van der Waals surface area contributed by atoms with Crippen LogP contribution < -0.4 is 10.2 Å². The van der Waals surface area contributed by atoms with Gasteiger partial charge in [0.05, 0.1) is 16.2 Å². The molecule has 0 unspecified atom stereocenters. The molecule has 3 aromatic rings. The van der Waals surface area contributed by atoms with Crippen LogP contribution in [0.25, 0.3) is 17.4 Å². The molecular weight excluding hydrogens is 470 g/mol. The van der Waals surface area contributed by atoms with Crippen LogP contribution in [0.15, 0.2) is 75.1 Å². The molecule has 4 rings (SSSR count). The molecule has 1 N–H and O–H groups in total. The lowest BCUT2D eigenvalue weighted by Crippen LogP contribution is -2.54. The predicted molar refractivity (Wildman–Crippen MR) is 114 cm³/mol. The highest BCUT2D eigenvalue weighted by molar-refractivity contribution is 9.10. The molecule has 1 aromatic heterocycles. The Labute approximate surface area is 183 Å². The molecule has 31 heavy (non-hydrogen) atoms. The number of para-hydroxylation sites is 1. The zero-order chi connectivity index (χ0) is 22.1. The summed E-state index contributed by atoms with van der Waals surface area (Å²) in [5.41, 5.74) is 0.0768. The lowest BCUT2D eigenvalue weighted by molar-refractivity contribution is -0.384. The molecule has 2 aromatic carbocycles. The second-order valence-electron chi connectivity index (χ2n) is 6.41. The topological polar surface area (TPSA) is 123 Å². The van der Waals surface area contributed by atoms with Crippen molar-refractivity contribution >= 4 is 51.2 Å². The molecule has 2 heterocycles. The van der Waals surface area contributed by atoms with Crippen LogP contribution in [0.4, 0.5) is 16.2 Å². The number of imide groups is 2. The minimum absolute atomic E-state index is 0.122. The number of hydrogen-bond acceptors (Lipinski definition) is 6. The van der Waals surface area contributed by atoms with Crippen molar-refractivity contribution in [2.45, 2.75) is 0 Å². The van der Waals surface area contributed by atoms with E-state index in [1.54, 1.807) is 30.3 Å². The summed E-state index contributed by atoms with van der Waals surface area (Å²) < 4.78 is 6.38. The number of anilines is 1. The number of carbonyl (C=O) groups is 3. The van der Waals surface area contributed by atoms with Gasteiger partial charge >= 0.3 is 6.03 Å². The van der Waals surface area contributed by atoms with Gasteiger partial charge in [0, 0.05) is 10.5 Å². The molecule has 0 spiro atoms. The smallest absolute Gasteiger partial charge is 0.335 e. The van der Waals surface area contributed by atoms with Gasteiger partial charge < -0.3 is 4.42 Å². The van der Waals surface area contributed by atoms with Crippen molar-refractivity contribution in [3.05, 3.63) is 86.6 Å². The zero-order valence-electron chi connectivity index (χ0n) is 15.6. The normalized spacial score (nSPS) is 15.3. The lowest BCUT2D eigenvalue weighted by Gasteiger charge is -2.26. The summed E-state index contributed by atoms with van der Waals surface area (Å²) in [6.07, 6.45) is 1.19. The molecule has 0 aliphatic carbocycles. The number of urea groups is 1. The first-order valence-electron chi connectivity index (χ1n) is 8.86. The van der Waals surface area contributed by atoms with E-state index in [0.717, 1.165) is 9.37 Å². The average Bonchev–Trinajstić information content (AvgIpc) is 3.21. The van der Waals surface area contributed by atoms with Gasteiger partial charge in [0.2, 0.25) is 0 Å². The van der Waals surface area contributed by atoms with Crippen molar-refractivity contribution in [1.29, 1.82) is 0 Å². The minimum Gasteiger partial charge on any atom is -0.456 e. The lowest BCUT2D eigenvalue weighted by atomic mass is 10.1. The van der Waals surface area contributed by atoms with Gasteiger partial charge in [0.1, 0.15) is 17.1 Å². The van der Waals surface area contributed by atoms with Gasteiger partial charge in [-0.1, -0.05) is 28.1 Å². The van der Waals surface area contributed by atoms with E-state index in [9.17, 15) is 24.5 Å². The number of halogens is 1. The van der Waals surface area contributed by atoms with Crippen molar-refractivity contribution in [2.75, 3.05) is 4.90 Å². The van der Waals surface area contributed by atoms with Crippen LogP contribution in [-0.2, 0) is 9.59 Å². The Bertz CT molecular complexity index is 1260. The molecule has 0 atom stereocenters. The maximum absolute atomic E-state index is 12.9. The number of nitrogens with zero attached hydrogens (tertiary/aromatic N) is 2. The third-order valence-electron chi connectivity index (χ3n) is 4.47. The number of amides is 4. The summed E-state index contributed by atoms with van der Waals surface area (Å²) in [4.78, 5) is 49.0. The van der Waals surface area contributed by atoms with E-state index in [1.165, 1.54) is 36.4 Å².